The van der Waals surface area contributed by atoms with Crippen LogP contribution in [-0.4, -0.2) is 43.2 Å². The van der Waals surface area contributed by atoms with Crippen LogP contribution in [0.15, 0.2) is 50.8 Å². The number of ether oxygens (including phenoxy) is 4. The van der Waals surface area contributed by atoms with Crippen LogP contribution in [0.2, 0.25) is 0 Å². The van der Waals surface area contributed by atoms with Crippen molar-refractivity contribution in [3.05, 3.63) is 35.9 Å². The van der Waals surface area contributed by atoms with Gasteiger partial charge in [-0.3, -0.25) is 0 Å². The molecule has 2 atom stereocenters. The van der Waals surface area contributed by atoms with E-state index in [4.69, 9.17) is 18.9 Å². The van der Waals surface area contributed by atoms with Gasteiger partial charge in [0.15, 0.2) is 0 Å². The van der Waals surface area contributed by atoms with Crippen molar-refractivity contribution < 1.29 is 38.1 Å². The number of amides is 4. The van der Waals surface area contributed by atoms with Crippen LogP contribution in [0.4, 0.5) is 19.2 Å². The first-order valence-corrected chi connectivity index (χ1v) is 12.6. The largest absolute Gasteiger partial charge is 0.452 e. The number of hydrogen-bond acceptors (Lipinski definition) is 8. The number of benzene rings is 1. The number of carbonyl (C=O) groups excluding carboxylic acids is 4. The van der Waals surface area contributed by atoms with Gasteiger partial charge in [0.1, 0.15) is 18.8 Å². The van der Waals surface area contributed by atoms with Gasteiger partial charge in [0.2, 0.25) is 0 Å². The lowest BCUT2D eigenvalue weighted by molar-refractivity contribution is 0.0570. The Morgan fingerprint density at radius 3 is 1.97 bits per heavy atom. The van der Waals surface area contributed by atoms with Crippen LogP contribution in [0.5, 0.6) is 0 Å². The third kappa shape index (κ3) is 11.3. The summed E-state index contributed by atoms with van der Waals surface area (Å²) >= 11 is 0. The molecular formula is C25H32N4O8. The average Bonchev–Trinajstić information content (AvgIpc) is 2.91. The second kappa shape index (κ2) is 15.4. The van der Waals surface area contributed by atoms with Gasteiger partial charge in [-0.1, -0.05) is 63.6 Å². The summed E-state index contributed by atoms with van der Waals surface area (Å²) in [7, 11) is 0. The molecule has 0 N–H and O–H groups in total. The molecule has 200 valence electrons. The van der Waals surface area contributed by atoms with Crippen LogP contribution in [0.3, 0.4) is 0 Å². The van der Waals surface area contributed by atoms with Crippen LogP contribution in [0.25, 0.3) is 0 Å². The molecule has 0 radical (unpaired) electrons. The van der Waals surface area contributed by atoms with E-state index in [1.807, 2.05) is 18.2 Å². The van der Waals surface area contributed by atoms with Gasteiger partial charge >= 0.3 is 24.4 Å². The Balaban J connectivity index is 1.28. The zero-order chi connectivity index (χ0) is 26.3. The average molecular weight is 517 g/mol. The number of nitrogens with zero attached hydrogens (tertiary/aromatic N) is 4. The SMILES string of the molecule is O=C(/N=N/C(=O)OCc1ccccc1)OCCC1CCCC(OC(=O)/N=N/C(=O)OC2CCCCC2)C1. The number of azo groups is 2. The van der Waals surface area contributed by atoms with Gasteiger partial charge in [0.25, 0.3) is 0 Å². The number of carbonyl (C=O) groups is 4. The van der Waals surface area contributed by atoms with Gasteiger partial charge in [-0.15, -0.1) is 0 Å². The van der Waals surface area contributed by atoms with E-state index >= 15 is 0 Å². The first-order valence-electron chi connectivity index (χ1n) is 12.6. The molecule has 2 saturated carbocycles. The summed E-state index contributed by atoms with van der Waals surface area (Å²) in [6, 6.07) is 9.03. The van der Waals surface area contributed by atoms with E-state index in [0.717, 1.165) is 50.5 Å². The molecule has 2 fully saturated rings. The third-order valence-electron chi connectivity index (χ3n) is 6.21. The van der Waals surface area contributed by atoms with E-state index in [9.17, 15) is 19.2 Å². The van der Waals surface area contributed by atoms with E-state index in [1.54, 1.807) is 12.1 Å². The molecule has 2 unspecified atom stereocenters. The maximum atomic E-state index is 12.0. The van der Waals surface area contributed by atoms with Gasteiger partial charge in [0, 0.05) is 0 Å². The van der Waals surface area contributed by atoms with Crippen molar-refractivity contribution in [1.82, 2.24) is 0 Å². The minimum atomic E-state index is -0.990. The Morgan fingerprint density at radius 1 is 0.676 bits per heavy atom. The summed E-state index contributed by atoms with van der Waals surface area (Å²) in [6.07, 6.45) is 3.89. The van der Waals surface area contributed by atoms with E-state index in [-0.39, 0.29) is 31.3 Å². The first kappa shape index (κ1) is 27.9. The van der Waals surface area contributed by atoms with Gasteiger partial charge in [-0.2, -0.15) is 0 Å². The predicted molar refractivity (Wildman–Crippen MR) is 128 cm³/mol. The molecule has 37 heavy (non-hydrogen) atoms. The summed E-state index contributed by atoms with van der Waals surface area (Å²) in [5.74, 6) is 0.153. The van der Waals surface area contributed by atoms with Crippen LogP contribution in [-0.2, 0) is 25.6 Å². The Morgan fingerprint density at radius 2 is 1.27 bits per heavy atom. The van der Waals surface area contributed by atoms with Gasteiger partial charge in [-0.25, -0.2) is 19.2 Å². The fourth-order valence-electron chi connectivity index (χ4n) is 4.38. The molecule has 12 nitrogen and oxygen atoms in total. The molecule has 1 aromatic carbocycles. The fraction of sp³-hybridized carbons (Fsp3) is 0.600. The third-order valence-corrected chi connectivity index (χ3v) is 6.21. The summed E-state index contributed by atoms with van der Waals surface area (Å²) in [5, 5.41) is 13.0. The van der Waals surface area contributed by atoms with Crippen molar-refractivity contribution >= 4 is 24.4 Å². The smallest absolute Gasteiger partial charge is 0.447 e. The molecule has 12 heteroatoms. The zero-order valence-electron chi connectivity index (χ0n) is 20.7. The molecule has 3 rings (SSSR count). The summed E-state index contributed by atoms with van der Waals surface area (Å²) in [4.78, 5) is 47.0. The Labute approximate surface area is 214 Å². The van der Waals surface area contributed by atoms with Crippen molar-refractivity contribution in [2.24, 2.45) is 26.4 Å². The lowest BCUT2D eigenvalue weighted by Crippen LogP contribution is -2.25. The van der Waals surface area contributed by atoms with Crippen LogP contribution in [0, 0.1) is 5.92 Å². The Hall–Kier alpha value is -3.70. The molecule has 1 aromatic rings. The van der Waals surface area contributed by atoms with Crippen molar-refractivity contribution in [3.8, 4) is 0 Å². The molecule has 2 aliphatic rings. The fourth-order valence-corrected chi connectivity index (χ4v) is 4.38. The molecular weight excluding hydrogens is 484 g/mol. The molecule has 0 heterocycles. The van der Waals surface area contributed by atoms with Crippen LogP contribution >= 0.6 is 0 Å². The van der Waals surface area contributed by atoms with E-state index in [1.165, 1.54) is 0 Å². The van der Waals surface area contributed by atoms with E-state index < -0.39 is 24.4 Å². The number of rotatable bonds is 7. The van der Waals surface area contributed by atoms with Crippen molar-refractivity contribution in [2.75, 3.05) is 6.61 Å². The van der Waals surface area contributed by atoms with E-state index in [2.05, 4.69) is 20.5 Å². The topological polar surface area (TPSA) is 155 Å². The van der Waals surface area contributed by atoms with Gasteiger partial charge < -0.3 is 18.9 Å². The molecule has 0 bridgehead atoms. The highest BCUT2D eigenvalue weighted by Gasteiger charge is 2.25. The Kier molecular flexibility index (Phi) is 11.6. The molecule has 4 amide bonds. The van der Waals surface area contributed by atoms with Crippen LogP contribution < -0.4 is 0 Å². The van der Waals surface area contributed by atoms with Crippen LogP contribution in [0.1, 0.15) is 69.8 Å². The predicted octanol–water partition coefficient (Wildman–Crippen LogP) is 6.92. The van der Waals surface area contributed by atoms with Gasteiger partial charge in [-0.05, 0) is 62.8 Å². The molecule has 0 aromatic heterocycles. The zero-order valence-corrected chi connectivity index (χ0v) is 20.7. The standard InChI is InChI=1S/C25H32N4O8/c30-22(26-27-23(31)35-17-19-8-3-1-4-9-19)34-15-14-18-10-7-13-21(16-18)37-25(33)29-28-24(32)36-20-11-5-2-6-12-20/h1,3-4,8-9,18,20-21H,2,5-7,10-17H2/b27-26+,29-28+. The highest BCUT2D eigenvalue weighted by atomic mass is 16.6. The lowest BCUT2D eigenvalue weighted by atomic mass is 9.85. The summed E-state index contributed by atoms with van der Waals surface area (Å²) in [5.41, 5.74) is 0.783. The van der Waals surface area contributed by atoms with Crippen molar-refractivity contribution in [3.63, 3.8) is 0 Å². The second-order valence-corrected chi connectivity index (χ2v) is 9.03. The molecule has 0 saturated heterocycles. The summed E-state index contributed by atoms with van der Waals surface area (Å²) in [6.45, 7) is 0.0993. The first-order chi connectivity index (χ1) is 18.0. The maximum Gasteiger partial charge on any atom is 0.452 e. The highest BCUT2D eigenvalue weighted by molar-refractivity contribution is 5.73. The molecule has 2 aliphatic carbocycles. The minimum Gasteiger partial charge on any atom is -0.447 e. The normalized spacial score (nSPS) is 20.4. The number of hydrogen-bond donors (Lipinski definition) is 0. The quantitative estimate of drug-likeness (QED) is 0.279. The minimum absolute atomic E-state index is 0.0209. The van der Waals surface area contributed by atoms with E-state index in [0.29, 0.717) is 19.3 Å². The Bertz CT molecular complexity index is 963. The van der Waals surface area contributed by atoms with Crippen molar-refractivity contribution in [2.45, 2.75) is 83.0 Å². The highest BCUT2D eigenvalue weighted by Crippen LogP contribution is 2.29. The maximum absolute atomic E-state index is 12.0. The lowest BCUT2D eigenvalue weighted by Gasteiger charge is -2.27. The van der Waals surface area contributed by atoms with Gasteiger partial charge in [0.05, 0.1) is 6.61 Å². The summed E-state index contributed by atoms with van der Waals surface area (Å²) < 4.78 is 20.4. The molecule has 0 spiro atoms. The second-order valence-electron chi connectivity index (χ2n) is 9.03. The monoisotopic (exact) mass is 516 g/mol. The van der Waals surface area contributed by atoms with Crippen molar-refractivity contribution in [1.29, 1.82) is 0 Å². The molecule has 0 aliphatic heterocycles.